The summed E-state index contributed by atoms with van der Waals surface area (Å²) in [4.78, 5) is 0. The van der Waals surface area contributed by atoms with Crippen LogP contribution in [0.25, 0.3) is 0 Å². The average molecular weight is 177 g/mol. The molecule has 12 heavy (non-hydrogen) atoms. The summed E-state index contributed by atoms with van der Waals surface area (Å²) in [5, 5.41) is 16.2. The monoisotopic (exact) mass is 177 g/mol. The van der Waals surface area contributed by atoms with E-state index in [1.807, 2.05) is 12.1 Å². The number of H-pyrrole nitrogens is 2. The molecule has 0 spiro atoms. The van der Waals surface area contributed by atoms with E-state index in [2.05, 4.69) is 26.9 Å². The molecule has 0 amide bonds. The number of rotatable bonds is 2. The minimum Gasteiger partial charge on any atom is -0.287 e. The lowest BCUT2D eigenvalue weighted by atomic mass is 10.7. The number of aromatic amines is 2. The topological polar surface area (TPSA) is 57.4 Å². The van der Waals surface area contributed by atoms with Crippen LogP contribution in [0.4, 0.5) is 0 Å². The molecule has 0 aliphatic rings. The number of nitrogens with one attached hydrogen (secondary N) is 2. The zero-order valence-corrected chi connectivity index (χ0v) is 7.70. The van der Waals surface area contributed by atoms with E-state index in [4.69, 9.17) is 0 Å². The van der Waals surface area contributed by atoms with Gasteiger partial charge in [0.15, 0.2) is 8.80 Å². The second-order valence-electron chi connectivity index (χ2n) is 2.57. The number of hydrogen-bond acceptors (Lipinski definition) is 2. The molecular formula is C7H9N4Si. The SMILES string of the molecule is C[Si](c1ccn[nH]1)c1ccn[nH]1. The fourth-order valence-corrected chi connectivity index (χ4v) is 2.48. The van der Waals surface area contributed by atoms with E-state index in [-0.39, 0.29) is 0 Å². The zero-order valence-electron chi connectivity index (χ0n) is 6.70. The summed E-state index contributed by atoms with van der Waals surface area (Å²) < 4.78 is 0. The Balaban J connectivity index is 2.27. The molecular weight excluding hydrogens is 168 g/mol. The molecule has 2 N–H and O–H groups in total. The van der Waals surface area contributed by atoms with Gasteiger partial charge in [-0.05, 0) is 12.1 Å². The summed E-state index contributed by atoms with van der Waals surface area (Å²) in [6.45, 7) is 2.20. The number of hydrogen-bond donors (Lipinski definition) is 2. The van der Waals surface area contributed by atoms with Gasteiger partial charge in [0.25, 0.3) is 0 Å². The zero-order chi connectivity index (χ0) is 8.39. The van der Waals surface area contributed by atoms with Crippen molar-refractivity contribution >= 4 is 19.4 Å². The third-order valence-electron chi connectivity index (χ3n) is 1.81. The Morgan fingerprint density at radius 1 is 1.08 bits per heavy atom. The molecule has 2 heterocycles. The minimum absolute atomic E-state index is 0.695. The molecule has 61 valence electrons. The Morgan fingerprint density at radius 2 is 1.58 bits per heavy atom. The van der Waals surface area contributed by atoms with Crippen molar-refractivity contribution in [3.8, 4) is 0 Å². The van der Waals surface area contributed by atoms with Crippen molar-refractivity contribution in [2.45, 2.75) is 6.55 Å². The molecule has 1 radical (unpaired) electrons. The normalized spacial score (nSPS) is 10.8. The predicted octanol–water partition coefficient (Wildman–Crippen LogP) is -0.628. The molecule has 0 saturated heterocycles. The van der Waals surface area contributed by atoms with Crippen LogP contribution in [-0.4, -0.2) is 29.2 Å². The van der Waals surface area contributed by atoms with Gasteiger partial charge in [-0.3, -0.25) is 10.2 Å². The lowest BCUT2D eigenvalue weighted by molar-refractivity contribution is 1.10. The van der Waals surface area contributed by atoms with Gasteiger partial charge in [-0.1, -0.05) is 6.55 Å². The van der Waals surface area contributed by atoms with Crippen molar-refractivity contribution in [1.82, 2.24) is 20.4 Å². The van der Waals surface area contributed by atoms with Crippen LogP contribution in [0, 0.1) is 0 Å². The molecule has 2 aromatic rings. The lowest BCUT2D eigenvalue weighted by Gasteiger charge is -2.01. The van der Waals surface area contributed by atoms with Gasteiger partial charge in [0.05, 0.1) is 0 Å². The van der Waals surface area contributed by atoms with Gasteiger partial charge in [-0.25, -0.2) is 0 Å². The molecule has 0 aliphatic heterocycles. The van der Waals surface area contributed by atoms with Gasteiger partial charge < -0.3 is 0 Å². The smallest absolute Gasteiger partial charge is 0.165 e. The van der Waals surface area contributed by atoms with Gasteiger partial charge in [-0.2, -0.15) is 10.2 Å². The minimum atomic E-state index is -0.695. The second kappa shape index (κ2) is 2.94. The van der Waals surface area contributed by atoms with E-state index < -0.39 is 8.80 Å². The van der Waals surface area contributed by atoms with Crippen molar-refractivity contribution in [3.63, 3.8) is 0 Å². The maximum atomic E-state index is 3.92. The first kappa shape index (κ1) is 7.29. The van der Waals surface area contributed by atoms with Crippen LogP contribution in [0.3, 0.4) is 0 Å². The average Bonchev–Trinajstić information content (AvgIpc) is 2.77. The Hall–Kier alpha value is -1.36. The van der Waals surface area contributed by atoms with Crippen molar-refractivity contribution < 1.29 is 0 Å². The largest absolute Gasteiger partial charge is 0.287 e. The van der Waals surface area contributed by atoms with Crippen LogP contribution in [-0.2, 0) is 0 Å². The molecule has 0 saturated carbocycles. The van der Waals surface area contributed by atoms with E-state index in [9.17, 15) is 0 Å². The Labute approximate surface area is 71.6 Å². The lowest BCUT2D eigenvalue weighted by Crippen LogP contribution is -2.40. The number of nitrogens with zero attached hydrogens (tertiary/aromatic N) is 2. The van der Waals surface area contributed by atoms with Crippen molar-refractivity contribution in [2.24, 2.45) is 0 Å². The first-order valence-corrected chi connectivity index (χ1v) is 5.71. The van der Waals surface area contributed by atoms with Crippen LogP contribution < -0.4 is 10.6 Å². The molecule has 0 bridgehead atoms. The standard InChI is InChI=1S/C7H9N4Si/c1-12(6-2-4-8-10-6)7-3-5-9-11-7/h2-5H,1H3,(H,8,10)(H,9,11). The Morgan fingerprint density at radius 3 is 1.92 bits per heavy atom. The maximum absolute atomic E-state index is 3.92. The van der Waals surface area contributed by atoms with Gasteiger partial charge in [0, 0.05) is 23.0 Å². The molecule has 0 fully saturated rings. The summed E-state index contributed by atoms with van der Waals surface area (Å²) in [5.74, 6) is 0. The van der Waals surface area contributed by atoms with Gasteiger partial charge in [-0.15, -0.1) is 0 Å². The molecule has 0 aromatic carbocycles. The third kappa shape index (κ3) is 1.18. The highest BCUT2D eigenvalue weighted by Gasteiger charge is 2.12. The van der Waals surface area contributed by atoms with E-state index in [0.717, 1.165) is 0 Å². The summed E-state index contributed by atoms with van der Waals surface area (Å²) >= 11 is 0. The van der Waals surface area contributed by atoms with E-state index in [1.54, 1.807) is 12.4 Å². The van der Waals surface area contributed by atoms with Crippen LogP contribution in [0.15, 0.2) is 24.5 Å². The highest BCUT2D eigenvalue weighted by Crippen LogP contribution is 1.83. The van der Waals surface area contributed by atoms with Crippen molar-refractivity contribution in [1.29, 1.82) is 0 Å². The molecule has 2 aromatic heterocycles. The molecule has 5 heteroatoms. The van der Waals surface area contributed by atoms with Crippen molar-refractivity contribution in [2.75, 3.05) is 0 Å². The predicted molar refractivity (Wildman–Crippen MR) is 48.1 cm³/mol. The molecule has 0 aliphatic carbocycles. The van der Waals surface area contributed by atoms with E-state index in [1.165, 1.54) is 10.6 Å². The summed E-state index contributed by atoms with van der Waals surface area (Å²) in [6.07, 6.45) is 3.56. The fourth-order valence-electron chi connectivity index (χ4n) is 1.07. The maximum Gasteiger partial charge on any atom is 0.165 e. The van der Waals surface area contributed by atoms with E-state index in [0.29, 0.717) is 0 Å². The highest BCUT2D eigenvalue weighted by molar-refractivity contribution is 6.82. The summed E-state index contributed by atoms with van der Waals surface area (Å²) in [5.41, 5.74) is 0. The Bertz CT molecular complexity index is 292. The van der Waals surface area contributed by atoms with Crippen LogP contribution in [0.5, 0.6) is 0 Å². The third-order valence-corrected chi connectivity index (χ3v) is 3.98. The van der Waals surface area contributed by atoms with Crippen molar-refractivity contribution in [3.05, 3.63) is 24.5 Å². The van der Waals surface area contributed by atoms with Gasteiger partial charge >= 0.3 is 0 Å². The second-order valence-corrected chi connectivity index (χ2v) is 4.89. The van der Waals surface area contributed by atoms with Gasteiger partial charge in [0.1, 0.15) is 0 Å². The number of aromatic nitrogens is 4. The van der Waals surface area contributed by atoms with E-state index >= 15 is 0 Å². The summed E-state index contributed by atoms with van der Waals surface area (Å²) in [7, 11) is -0.695. The first-order valence-electron chi connectivity index (χ1n) is 3.71. The molecule has 2 rings (SSSR count). The van der Waals surface area contributed by atoms with Crippen LogP contribution in [0.1, 0.15) is 0 Å². The van der Waals surface area contributed by atoms with Crippen LogP contribution >= 0.6 is 0 Å². The van der Waals surface area contributed by atoms with Crippen LogP contribution in [0.2, 0.25) is 6.55 Å². The molecule has 0 atom stereocenters. The Kier molecular flexibility index (Phi) is 1.79. The fraction of sp³-hybridized carbons (Fsp3) is 0.143. The highest BCUT2D eigenvalue weighted by atomic mass is 28.3. The first-order chi connectivity index (χ1) is 5.88. The summed E-state index contributed by atoms with van der Waals surface area (Å²) in [6, 6.07) is 4.02. The quantitative estimate of drug-likeness (QED) is 0.600. The molecule has 0 unspecified atom stereocenters. The van der Waals surface area contributed by atoms with Gasteiger partial charge in [0.2, 0.25) is 0 Å². The molecule has 4 nitrogen and oxygen atoms in total.